The van der Waals surface area contributed by atoms with Crippen molar-refractivity contribution < 1.29 is 0 Å². The number of nitrogens with zero attached hydrogens (tertiary/aromatic N) is 2. The highest BCUT2D eigenvalue weighted by Gasteiger charge is 2.19. The Labute approximate surface area is 70.6 Å². The fourth-order valence-corrected chi connectivity index (χ4v) is 1.16. The van der Waals surface area contributed by atoms with Gasteiger partial charge in [-0.2, -0.15) is 5.10 Å². The minimum Gasteiger partial charge on any atom is -0.324 e. The Morgan fingerprint density at radius 1 is 1.58 bits per heavy atom. The summed E-state index contributed by atoms with van der Waals surface area (Å²) in [5.74, 6) is 0.590. The molecule has 0 fully saturated rings. The van der Waals surface area contributed by atoms with Crippen molar-refractivity contribution in [3.05, 3.63) is 16.3 Å². The summed E-state index contributed by atoms with van der Waals surface area (Å²) in [6, 6.07) is 0. The van der Waals surface area contributed by atoms with Gasteiger partial charge in [0.25, 0.3) is 0 Å². The molecule has 1 aromatic rings. The van der Waals surface area contributed by atoms with Gasteiger partial charge < -0.3 is 5.73 Å². The van der Waals surface area contributed by atoms with Crippen LogP contribution in [0.1, 0.15) is 26.6 Å². The number of rotatable bonds is 1. The van der Waals surface area contributed by atoms with E-state index in [2.05, 4.69) is 10.2 Å². The van der Waals surface area contributed by atoms with Gasteiger partial charge in [-0.25, -0.2) is 9.89 Å². The van der Waals surface area contributed by atoms with Gasteiger partial charge in [0.1, 0.15) is 5.82 Å². The van der Waals surface area contributed by atoms with Gasteiger partial charge in [-0.05, 0) is 20.8 Å². The third kappa shape index (κ3) is 1.40. The molecule has 0 saturated heterocycles. The summed E-state index contributed by atoms with van der Waals surface area (Å²) in [5, 5.41) is 6.17. The van der Waals surface area contributed by atoms with E-state index in [1.807, 2.05) is 20.8 Å². The highest BCUT2D eigenvalue weighted by molar-refractivity contribution is 4.91. The summed E-state index contributed by atoms with van der Waals surface area (Å²) in [6.07, 6.45) is 0. The normalized spacial score (nSPS) is 12.0. The Hall–Kier alpha value is -1.10. The molecule has 1 rings (SSSR count). The zero-order valence-corrected chi connectivity index (χ0v) is 7.59. The van der Waals surface area contributed by atoms with E-state index in [4.69, 9.17) is 5.73 Å². The van der Waals surface area contributed by atoms with Crippen molar-refractivity contribution in [2.24, 2.45) is 5.73 Å². The van der Waals surface area contributed by atoms with Gasteiger partial charge in [-0.3, -0.25) is 4.57 Å². The smallest absolute Gasteiger partial charge is 0.324 e. The number of nitrogens with one attached hydrogen (secondary N) is 1. The summed E-state index contributed by atoms with van der Waals surface area (Å²) in [6.45, 7) is 6.07. The molecule has 0 spiro atoms. The van der Waals surface area contributed by atoms with E-state index in [0.717, 1.165) is 0 Å². The van der Waals surface area contributed by atoms with Gasteiger partial charge in [0, 0.05) is 5.54 Å². The lowest BCUT2D eigenvalue weighted by Crippen LogP contribution is -2.34. The molecule has 0 aromatic carbocycles. The van der Waals surface area contributed by atoms with E-state index in [9.17, 15) is 4.79 Å². The fourth-order valence-electron chi connectivity index (χ4n) is 1.16. The fraction of sp³-hybridized carbons (Fsp3) is 0.714. The Bertz CT molecular complexity index is 317. The summed E-state index contributed by atoms with van der Waals surface area (Å²) < 4.78 is 1.56. The van der Waals surface area contributed by atoms with Crippen molar-refractivity contribution in [1.82, 2.24) is 14.8 Å². The molecule has 0 unspecified atom stereocenters. The molecular weight excluding hydrogens is 156 g/mol. The molecule has 0 amide bonds. The monoisotopic (exact) mass is 170 g/mol. The second kappa shape index (κ2) is 2.75. The number of aromatic amines is 1. The lowest BCUT2D eigenvalue weighted by Gasteiger charge is -2.20. The summed E-state index contributed by atoms with van der Waals surface area (Å²) in [4.78, 5) is 11.2. The van der Waals surface area contributed by atoms with Crippen LogP contribution in [0.2, 0.25) is 0 Å². The average Bonchev–Trinajstić information content (AvgIpc) is 2.29. The topological polar surface area (TPSA) is 76.7 Å². The highest BCUT2D eigenvalue weighted by Crippen LogP contribution is 2.11. The number of aromatic nitrogens is 3. The molecule has 12 heavy (non-hydrogen) atoms. The van der Waals surface area contributed by atoms with E-state index >= 15 is 0 Å². The van der Waals surface area contributed by atoms with Gasteiger partial charge in [0.05, 0.1) is 6.54 Å². The van der Waals surface area contributed by atoms with Crippen molar-refractivity contribution >= 4 is 0 Å². The molecule has 3 N–H and O–H groups in total. The quantitative estimate of drug-likeness (QED) is 0.612. The molecule has 0 radical (unpaired) electrons. The van der Waals surface area contributed by atoms with Gasteiger partial charge >= 0.3 is 5.69 Å². The van der Waals surface area contributed by atoms with Crippen LogP contribution in [0.5, 0.6) is 0 Å². The SMILES string of the molecule is CC(C)(C)n1c(CN)n[nH]c1=O. The molecular formula is C7H14N4O. The summed E-state index contributed by atoms with van der Waals surface area (Å²) >= 11 is 0. The van der Waals surface area contributed by atoms with Gasteiger partial charge in [0.15, 0.2) is 0 Å². The van der Waals surface area contributed by atoms with E-state index < -0.39 is 0 Å². The summed E-state index contributed by atoms with van der Waals surface area (Å²) in [7, 11) is 0. The van der Waals surface area contributed by atoms with Crippen LogP contribution in [-0.4, -0.2) is 14.8 Å². The molecule has 1 heterocycles. The van der Waals surface area contributed by atoms with Crippen molar-refractivity contribution in [1.29, 1.82) is 0 Å². The molecule has 5 nitrogen and oxygen atoms in total. The molecule has 0 atom stereocenters. The van der Waals surface area contributed by atoms with Gasteiger partial charge in [-0.15, -0.1) is 0 Å². The van der Waals surface area contributed by atoms with Crippen LogP contribution in [0.4, 0.5) is 0 Å². The molecule has 0 aliphatic heterocycles. The number of H-pyrrole nitrogens is 1. The first-order valence-corrected chi connectivity index (χ1v) is 3.83. The van der Waals surface area contributed by atoms with Crippen molar-refractivity contribution in [2.45, 2.75) is 32.9 Å². The standard InChI is InChI=1S/C7H14N4O/c1-7(2,3)11-5(4-8)9-10-6(11)12/h4,8H2,1-3H3,(H,10,12). The minimum atomic E-state index is -0.265. The van der Waals surface area contributed by atoms with E-state index in [0.29, 0.717) is 5.82 Å². The second-order valence-electron chi connectivity index (χ2n) is 3.66. The van der Waals surface area contributed by atoms with Crippen LogP contribution in [0.25, 0.3) is 0 Å². The Balaban J connectivity index is 3.29. The molecule has 1 aromatic heterocycles. The van der Waals surface area contributed by atoms with Gasteiger partial charge in [0.2, 0.25) is 0 Å². The van der Waals surface area contributed by atoms with Crippen LogP contribution in [-0.2, 0) is 12.1 Å². The molecule has 5 heteroatoms. The predicted octanol–water partition coefficient (Wildman–Crippen LogP) is -0.215. The molecule has 0 aliphatic rings. The number of nitrogens with two attached hydrogens (primary N) is 1. The summed E-state index contributed by atoms with van der Waals surface area (Å²) in [5.41, 5.74) is 4.95. The molecule has 0 aliphatic carbocycles. The zero-order valence-electron chi connectivity index (χ0n) is 7.59. The highest BCUT2D eigenvalue weighted by atomic mass is 16.1. The van der Waals surface area contributed by atoms with Crippen LogP contribution < -0.4 is 11.4 Å². The number of hydrogen-bond donors (Lipinski definition) is 2. The first kappa shape index (κ1) is 8.99. The van der Waals surface area contributed by atoms with Crippen molar-refractivity contribution in [3.63, 3.8) is 0 Å². The molecule has 0 bridgehead atoms. The largest absolute Gasteiger partial charge is 0.343 e. The zero-order chi connectivity index (χ0) is 9.35. The second-order valence-corrected chi connectivity index (χ2v) is 3.66. The Morgan fingerprint density at radius 3 is 2.50 bits per heavy atom. The first-order valence-electron chi connectivity index (χ1n) is 3.83. The predicted molar refractivity (Wildman–Crippen MR) is 45.7 cm³/mol. The minimum absolute atomic E-state index is 0.206. The molecule has 68 valence electrons. The van der Waals surface area contributed by atoms with E-state index in [1.165, 1.54) is 0 Å². The van der Waals surface area contributed by atoms with Crippen LogP contribution in [0, 0.1) is 0 Å². The number of hydrogen-bond acceptors (Lipinski definition) is 3. The van der Waals surface area contributed by atoms with Gasteiger partial charge in [-0.1, -0.05) is 0 Å². The van der Waals surface area contributed by atoms with Crippen LogP contribution in [0.15, 0.2) is 4.79 Å². The Morgan fingerprint density at radius 2 is 2.17 bits per heavy atom. The average molecular weight is 170 g/mol. The van der Waals surface area contributed by atoms with Crippen LogP contribution in [0.3, 0.4) is 0 Å². The first-order chi connectivity index (χ1) is 5.46. The third-order valence-electron chi connectivity index (χ3n) is 1.60. The van der Waals surface area contributed by atoms with E-state index in [1.54, 1.807) is 4.57 Å². The lowest BCUT2D eigenvalue weighted by atomic mass is 10.1. The molecule has 0 saturated carbocycles. The van der Waals surface area contributed by atoms with Crippen molar-refractivity contribution in [2.75, 3.05) is 0 Å². The maximum absolute atomic E-state index is 11.2. The Kier molecular flexibility index (Phi) is 2.06. The maximum Gasteiger partial charge on any atom is 0.343 e. The van der Waals surface area contributed by atoms with Crippen molar-refractivity contribution in [3.8, 4) is 0 Å². The van der Waals surface area contributed by atoms with Crippen LogP contribution >= 0.6 is 0 Å². The maximum atomic E-state index is 11.2. The lowest BCUT2D eigenvalue weighted by molar-refractivity contribution is 0.372. The third-order valence-corrected chi connectivity index (χ3v) is 1.60. The van der Waals surface area contributed by atoms with E-state index in [-0.39, 0.29) is 17.8 Å².